The third-order valence-corrected chi connectivity index (χ3v) is 4.03. The smallest absolute Gasteiger partial charge is 0.0757 e. The van der Waals surface area contributed by atoms with Crippen molar-refractivity contribution in [3.8, 4) is 0 Å². The Morgan fingerprint density at radius 3 is 1.76 bits per heavy atom. The predicted octanol–water partition coefficient (Wildman–Crippen LogP) is 0.371. The van der Waals surface area contributed by atoms with Crippen LogP contribution in [-0.2, 0) is 4.79 Å². The van der Waals surface area contributed by atoms with Crippen LogP contribution in [0.4, 0.5) is 0 Å². The fraction of sp³-hybridized carbons (Fsp3) is 0.923. The second-order valence-corrected chi connectivity index (χ2v) is 4.57. The Hall–Kier alpha value is -0.610. The van der Waals surface area contributed by atoms with Crippen molar-refractivity contribution in [1.82, 2.24) is 5.32 Å². The van der Waals surface area contributed by atoms with Gasteiger partial charge in [0.05, 0.1) is 32.1 Å². The number of rotatable bonds is 5. The number of nitrogens with zero attached hydrogens (tertiary/aromatic N) is 1. The zero-order valence-electron chi connectivity index (χ0n) is 11.8. The second-order valence-electron chi connectivity index (χ2n) is 4.57. The first kappa shape index (κ1) is 16.4. The lowest BCUT2D eigenvalue weighted by molar-refractivity contribution is -0.921. The lowest BCUT2D eigenvalue weighted by Crippen LogP contribution is -2.47. The summed E-state index contributed by atoms with van der Waals surface area (Å²) in [5.41, 5.74) is 0. The van der Waals surface area contributed by atoms with Crippen LogP contribution in [0.15, 0.2) is 0 Å². The quantitative estimate of drug-likeness (QED) is 0.711. The largest absolute Gasteiger partial charge is 0.548 e. The van der Waals surface area contributed by atoms with Gasteiger partial charge < -0.3 is 19.7 Å². The van der Waals surface area contributed by atoms with Crippen molar-refractivity contribution in [1.29, 1.82) is 0 Å². The Morgan fingerprint density at radius 1 is 1.18 bits per heavy atom. The zero-order valence-corrected chi connectivity index (χ0v) is 11.8. The molecule has 1 saturated heterocycles. The zero-order chi connectivity index (χ0) is 13.3. The van der Waals surface area contributed by atoms with Gasteiger partial charge in [0.1, 0.15) is 0 Å². The molecule has 0 bridgehead atoms. The summed E-state index contributed by atoms with van der Waals surface area (Å²) in [6.45, 7) is 15.0. The molecule has 1 aliphatic rings. The summed E-state index contributed by atoms with van der Waals surface area (Å²) >= 11 is 0. The Morgan fingerprint density at radius 2 is 1.65 bits per heavy atom. The van der Waals surface area contributed by atoms with Gasteiger partial charge in [-0.2, -0.15) is 0 Å². The Labute approximate surface area is 106 Å². The summed E-state index contributed by atoms with van der Waals surface area (Å²) in [4.78, 5) is 10.0. The third kappa shape index (κ3) is 5.50. The van der Waals surface area contributed by atoms with Gasteiger partial charge >= 0.3 is 0 Å². The SMILES string of the molecule is CC[N+](CC)(CC)CC.O=C([O-])[C@@H]1CCCN1. The van der Waals surface area contributed by atoms with Gasteiger partial charge in [-0.15, -0.1) is 0 Å². The van der Waals surface area contributed by atoms with Gasteiger partial charge in [-0.25, -0.2) is 0 Å². The van der Waals surface area contributed by atoms with Crippen LogP contribution in [-0.4, -0.2) is 49.2 Å². The number of carboxylic acids is 1. The molecule has 102 valence electrons. The monoisotopic (exact) mass is 244 g/mol. The number of hydrogen-bond acceptors (Lipinski definition) is 3. The predicted molar refractivity (Wildman–Crippen MR) is 68.5 cm³/mol. The van der Waals surface area contributed by atoms with E-state index in [0.717, 1.165) is 19.4 Å². The maximum Gasteiger partial charge on any atom is 0.0757 e. The fourth-order valence-corrected chi connectivity index (χ4v) is 2.23. The van der Waals surface area contributed by atoms with Gasteiger partial charge in [-0.05, 0) is 47.1 Å². The molecule has 0 aliphatic carbocycles. The van der Waals surface area contributed by atoms with Crippen molar-refractivity contribution in [2.45, 2.75) is 46.6 Å². The average Bonchev–Trinajstić information content (AvgIpc) is 2.87. The van der Waals surface area contributed by atoms with E-state index in [2.05, 4.69) is 33.0 Å². The number of carboxylic acid groups (broad SMARTS) is 1. The topological polar surface area (TPSA) is 52.2 Å². The van der Waals surface area contributed by atoms with Crippen LogP contribution in [0.5, 0.6) is 0 Å². The molecule has 0 aromatic carbocycles. The number of hydrogen-bond donors (Lipinski definition) is 1. The molecule has 0 aromatic rings. The van der Waals surface area contributed by atoms with Gasteiger partial charge in [0, 0.05) is 6.04 Å². The number of nitrogens with one attached hydrogen (secondary N) is 1. The first-order chi connectivity index (χ1) is 8.05. The van der Waals surface area contributed by atoms with E-state index < -0.39 is 5.97 Å². The molecule has 0 saturated carbocycles. The summed E-state index contributed by atoms with van der Waals surface area (Å²) in [6.07, 6.45) is 1.68. The number of carbonyl (C=O) groups is 1. The van der Waals surface area contributed by atoms with Gasteiger partial charge in [-0.1, -0.05) is 0 Å². The van der Waals surface area contributed by atoms with E-state index in [1.807, 2.05) is 0 Å². The molecular formula is C13H28N2O2. The van der Waals surface area contributed by atoms with E-state index in [4.69, 9.17) is 0 Å². The highest BCUT2D eigenvalue weighted by molar-refractivity contribution is 5.71. The molecule has 0 spiro atoms. The molecule has 0 aromatic heterocycles. The Balaban J connectivity index is 0.000000302. The minimum Gasteiger partial charge on any atom is -0.548 e. The van der Waals surface area contributed by atoms with Crippen LogP contribution >= 0.6 is 0 Å². The molecule has 1 atom stereocenters. The summed E-state index contributed by atoms with van der Waals surface area (Å²) in [6, 6.07) is -0.380. The highest BCUT2D eigenvalue weighted by atomic mass is 16.4. The molecule has 0 unspecified atom stereocenters. The third-order valence-electron chi connectivity index (χ3n) is 4.03. The molecule has 4 heteroatoms. The van der Waals surface area contributed by atoms with Gasteiger partial charge in [0.15, 0.2) is 0 Å². The lowest BCUT2D eigenvalue weighted by atomic mass is 10.2. The Kier molecular flexibility index (Phi) is 8.17. The van der Waals surface area contributed by atoms with E-state index in [0.29, 0.717) is 0 Å². The van der Waals surface area contributed by atoms with Gasteiger partial charge in [0.2, 0.25) is 0 Å². The molecule has 17 heavy (non-hydrogen) atoms. The van der Waals surface area contributed by atoms with Crippen molar-refractivity contribution in [3.63, 3.8) is 0 Å². The van der Waals surface area contributed by atoms with Crippen molar-refractivity contribution in [3.05, 3.63) is 0 Å². The van der Waals surface area contributed by atoms with E-state index in [1.54, 1.807) is 0 Å². The number of quaternary nitrogens is 1. The maximum absolute atomic E-state index is 10.0. The molecule has 1 aliphatic heterocycles. The summed E-state index contributed by atoms with van der Waals surface area (Å²) in [7, 11) is 0. The second kappa shape index (κ2) is 8.48. The molecular weight excluding hydrogens is 216 g/mol. The van der Waals surface area contributed by atoms with Crippen LogP contribution in [0.25, 0.3) is 0 Å². The normalized spacial score (nSPS) is 19.6. The van der Waals surface area contributed by atoms with Gasteiger partial charge in [0.25, 0.3) is 0 Å². The van der Waals surface area contributed by atoms with Crippen molar-refractivity contribution in [2.75, 3.05) is 32.7 Å². The first-order valence-corrected chi connectivity index (χ1v) is 6.84. The standard InChI is InChI=1S/C8H20N.C5H9NO2/c1-5-9(6-2,7-3)8-4;7-5(8)4-2-1-3-6-4/h5-8H2,1-4H3;4,6H,1-3H2,(H,7,8)/q+1;/p-1/t;4-/m.0/s1. The van der Waals surface area contributed by atoms with Crippen molar-refractivity contribution in [2.24, 2.45) is 0 Å². The van der Waals surface area contributed by atoms with Crippen LogP contribution in [0.3, 0.4) is 0 Å². The maximum atomic E-state index is 10.0. The molecule has 0 amide bonds. The van der Waals surface area contributed by atoms with Crippen molar-refractivity contribution < 1.29 is 14.4 Å². The minimum absolute atomic E-state index is 0.380. The first-order valence-electron chi connectivity index (χ1n) is 6.84. The van der Waals surface area contributed by atoms with Crippen molar-refractivity contribution >= 4 is 5.97 Å². The van der Waals surface area contributed by atoms with E-state index in [9.17, 15) is 9.90 Å². The highest BCUT2D eigenvalue weighted by Gasteiger charge is 2.16. The van der Waals surface area contributed by atoms with E-state index >= 15 is 0 Å². The molecule has 1 rings (SSSR count). The van der Waals surface area contributed by atoms with Crippen LogP contribution in [0, 0.1) is 0 Å². The summed E-state index contributed by atoms with van der Waals surface area (Å²) < 4.78 is 1.28. The number of carbonyl (C=O) groups excluding carboxylic acids is 1. The average molecular weight is 244 g/mol. The van der Waals surface area contributed by atoms with E-state index in [1.165, 1.54) is 30.7 Å². The molecule has 1 heterocycles. The van der Waals surface area contributed by atoms with Crippen LogP contribution < -0.4 is 10.4 Å². The molecule has 4 nitrogen and oxygen atoms in total. The molecule has 1 fully saturated rings. The number of aliphatic carboxylic acids is 1. The minimum atomic E-state index is -0.970. The summed E-state index contributed by atoms with van der Waals surface area (Å²) in [5.74, 6) is -0.970. The molecule has 1 N–H and O–H groups in total. The van der Waals surface area contributed by atoms with Gasteiger partial charge in [-0.3, -0.25) is 0 Å². The van der Waals surface area contributed by atoms with Crippen LogP contribution in [0.1, 0.15) is 40.5 Å². The molecule has 0 radical (unpaired) electrons. The fourth-order valence-electron chi connectivity index (χ4n) is 2.23. The van der Waals surface area contributed by atoms with Crippen LogP contribution in [0.2, 0.25) is 0 Å². The van der Waals surface area contributed by atoms with E-state index in [-0.39, 0.29) is 6.04 Å². The highest BCUT2D eigenvalue weighted by Crippen LogP contribution is 2.03. The summed E-state index contributed by atoms with van der Waals surface area (Å²) in [5, 5.41) is 12.8. The Bertz CT molecular complexity index is 192. The lowest BCUT2D eigenvalue weighted by Gasteiger charge is -2.34.